The molecule has 0 aliphatic carbocycles. The van der Waals surface area contributed by atoms with E-state index < -0.39 is 0 Å². The van der Waals surface area contributed by atoms with Crippen LogP contribution in [0.1, 0.15) is 19.9 Å². The predicted molar refractivity (Wildman–Crippen MR) is 103 cm³/mol. The van der Waals surface area contributed by atoms with E-state index in [1.807, 2.05) is 44.2 Å². The summed E-state index contributed by atoms with van der Waals surface area (Å²) in [5.74, 6) is 0. The first kappa shape index (κ1) is 17.5. The van der Waals surface area contributed by atoms with Gasteiger partial charge in [0.2, 0.25) is 0 Å². The van der Waals surface area contributed by atoms with Crippen molar-refractivity contribution in [3.05, 3.63) is 79.4 Å². The Morgan fingerprint density at radius 1 is 0.960 bits per heavy atom. The molecule has 128 valence electrons. The molecule has 6 heteroatoms. The van der Waals surface area contributed by atoms with Gasteiger partial charge in [-0.1, -0.05) is 53.5 Å². The molecule has 1 aromatic carbocycles. The molecular weight excluding hydrogens is 359 g/mol. The van der Waals surface area contributed by atoms with Crippen LogP contribution in [0.4, 0.5) is 0 Å². The van der Waals surface area contributed by atoms with Gasteiger partial charge in [-0.3, -0.25) is 9.59 Å². The minimum Gasteiger partial charge on any atom is -0.320 e. The van der Waals surface area contributed by atoms with Gasteiger partial charge in [0, 0.05) is 23.4 Å². The molecule has 0 saturated heterocycles. The Kier molecular flexibility index (Phi) is 4.84. The monoisotopic (exact) mass is 374 g/mol. The number of aromatic nitrogens is 2. The third kappa shape index (κ3) is 3.41. The van der Waals surface area contributed by atoms with E-state index >= 15 is 0 Å². The SMILES string of the molecule is CC(C)n1cc(-c2cc(Cl)c(=O)[nH]c2-c2ccccc2)cc(Cl)c1=O. The molecule has 2 heterocycles. The molecule has 0 amide bonds. The van der Waals surface area contributed by atoms with Crippen LogP contribution in [-0.4, -0.2) is 9.55 Å². The van der Waals surface area contributed by atoms with Gasteiger partial charge in [-0.25, -0.2) is 0 Å². The van der Waals surface area contributed by atoms with Gasteiger partial charge in [0.15, 0.2) is 0 Å². The second-order valence-corrected chi connectivity index (χ2v) is 6.80. The minimum absolute atomic E-state index is 0.0524. The van der Waals surface area contributed by atoms with Gasteiger partial charge in [0.25, 0.3) is 11.1 Å². The Morgan fingerprint density at radius 3 is 2.28 bits per heavy atom. The van der Waals surface area contributed by atoms with Crippen molar-refractivity contribution in [3.63, 3.8) is 0 Å². The van der Waals surface area contributed by atoms with E-state index in [2.05, 4.69) is 4.98 Å². The molecule has 4 nitrogen and oxygen atoms in total. The molecule has 0 fully saturated rings. The highest BCUT2D eigenvalue weighted by Crippen LogP contribution is 2.31. The summed E-state index contributed by atoms with van der Waals surface area (Å²) in [6, 6.07) is 12.6. The van der Waals surface area contributed by atoms with Gasteiger partial charge >= 0.3 is 0 Å². The van der Waals surface area contributed by atoms with Crippen LogP contribution in [0, 0.1) is 0 Å². The van der Waals surface area contributed by atoms with Gasteiger partial charge in [-0.15, -0.1) is 0 Å². The van der Waals surface area contributed by atoms with Crippen molar-refractivity contribution in [1.29, 1.82) is 0 Å². The molecular formula is C19H16Cl2N2O2. The van der Waals surface area contributed by atoms with Gasteiger partial charge in [-0.05, 0) is 31.5 Å². The van der Waals surface area contributed by atoms with Gasteiger partial charge in [0.1, 0.15) is 10.0 Å². The van der Waals surface area contributed by atoms with Crippen LogP contribution >= 0.6 is 23.2 Å². The predicted octanol–water partition coefficient (Wildman–Crippen LogP) is 4.76. The number of benzene rings is 1. The average molecular weight is 375 g/mol. The first-order chi connectivity index (χ1) is 11.9. The fourth-order valence-corrected chi connectivity index (χ4v) is 3.03. The van der Waals surface area contributed by atoms with Crippen molar-refractivity contribution in [2.45, 2.75) is 19.9 Å². The molecule has 0 bridgehead atoms. The molecule has 25 heavy (non-hydrogen) atoms. The molecule has 0 radical (unpaired) electrons. The molecule has 3 aromatic rings. The summed E-state index contributed by atoms with van der Waals surface area (Å²) in [5.41, 5.74) is 2.25. The Morgan fingerprint density at radius 2 is 1.64 bits per heavy atom. The summed E-state index contributed by atoms with van der Waals surface area (Å²) in [5, 5.41) is 0.195. The fourth-order valence-electron chi connectivity index (χ4n) is 2.66. The number of hydrogen-bond donors (Lipinski definition) is 1. The number of nitrogens with one attached hydrogen (secondary N) is 1. The zero-order chi connectivity index (χ0) is 18.1. The van der Waals surface area contributed by atoms with Crippen LogP contribution in [0.5, 0.6) is 0 Å². The largest absolute Gasteiger partial charge is 0.320 e. The second kappa shape index (κ2) is 6.90. The van der Waals surface area contributed by atoms with Crippen molar-refractivity contribution in [3.8, 4) is 22.4 Å². The van der Waals surface area contributed by atoms with Crippen LogP contribution in [0.25, 0.3) is 22.4 Å². The summed E-state index contributed by atoms with van der Waals surface area (Å²) in [7, 11) is 0. The summed E-state index contributed by atoms with van der Waals surface area (Å²) in [6.45, 7) is 3.80. The van der Waals surface area contributed by atoms with Crippen LogP contribution in [0.15, 0.2) is 58.3 Å². The standard InChI is InChI=1S/C19H16Cl2N2O2/c1-11(2)23-10-13(8-16(21)19(23)25)14-9-15(20)18(24)22-17(14)12-6-4-3-5-7-12/h3-11H,1-2H3,(H,22,24). The number of H-pyrrole nitrogens is 1. The maximum absolute atomic E-state index is 12.2. The van der Waals surface area contributed by atoms with Gasteiger partial charge in [-0.2, -0.15) is 0 Å². The highest BCUT2D eigenvalue weighted by molar-refractivity contribution is 6.31. The number of hydrogen-bond acceptors (Lipinski definition) is 2. The summed E-state index contributed by atoms with van der Waals surface area (Å²) >= 11 is 12.2. The zero-order valence-corrected chi connectivity index (χ0v) is 15.2. The number of halogens is 2. The van der Waals surface area contributed by atoms with Crippen molar-refractivity contribution in [2.75, 3.05) is 0 Å². The van der Waals surface area contributed by atoms with Gasteiger partial charge < -0.3 is 9.55 Å². The Labute approximate surface area is 154 Å². The van der Waals surface area contributed by atoms with E-state index in [9.17, 15) is 9.59 Å². The zero-order valence-electron chi connectivity index (χ0n) is 13.7. The topological polar surface area (TPSA) is 54.9 Å². The molecule has 0 saturated carbocycles. The maximum atomic E-state index is 12.2. The van der Waals surface area contributed by atoms with E-state index in [-0.39, 0.29) is 27.2 Å². The van der Waals surface area contributed by atoms with Crippen molar-refractivity contribution >= 4 is 23.2 Å². The number of aromatic amines is 1. The van der Waals surface area contributed by atoms with E-state index in [1.54, 1.807) is 22.9 Å². The third-order valence-electron chi connectivity index (χ3n) is 3.92. The Hall–Kier alpha value is -2.30. The highest BCUT2D eigenvalue weighted by Gasteiger charge is 2.15. The third-order valence-corrected chi connectivity index (χ3v) is 4.48. The van der Waals surface area contributed by atoms with E-state index in [1.165, 1.54) is 0 Å². The molecule has 0 aliphatic rings. The second-order valence-electron chi connectivity index (χ2n) is 5.98. The van der Waals surface area contributed by atoms with E-state index in [0.717, 1.165) is 5.56 Å². The molecule has 2 aromatic heterocycles. The van der Waals surface area contributed by atoms with Crippen LogP contribution in [0.3, 0.4) is 0 Å². The fraction of sp³-hybridized carbons (Fsp3) is 0.158. The van der Waals surface area contributed by atoms with Crippen molar-refractivity contribution < 1.29 is 0 Å². The molecule has 0 atom stereocenters. The molecule has 0 aliphatic heterocycles. The molecule has 3 rings (SSSR count). The van der Waals surface area contributed by atoms with Crippen molar-refractivity contribution in [1.82, 2.24) is 9.55 Å². The lowest BCUT2D eigenvalue weighted by Gasteiger charge is -2.15. The Balaban J connectivity index is 2.33. The summed E-state index contributed by atoms with van der Waals surface area (Å²) < 4.78 is 1.56. The molecule has 1 N–H and O–H groups in total. The smallest absolute Gasteiger partial charge is 0.269 e. The lowest BCUT2D eigenvalue weighted by Crippen LogP contribution is -2.22. The molecule has 0 spiro atoms. The van der Waals surface area contributed by atoms with Crippen LogP contribution in [-0.2, 0) is 0 Å². The number of nitrogens with zero attached hydrogens (tertiary/aromatic N) is 1. The van der Waals surface area contributed by atoms with Crippen molar-refractivity contribution in [2.24, 2.45) is 0 Å². The first-order valence-electron chi connectivity index (χ1n) is 7.78. The van der Waals surface area contributed by atoms with Crippen LogP contribution < -0.4 is 11.1 Å². The quantitative estimate of drug-likeness (QED) is 0.718. The molecule has 0 unspecified atom stereocenters. The average Bonchev–Trinajstić information content (AvgIpc) is 2.59. The number of pyridine rings is 2. The lowest BCUT2D eigenvalue weighted by molar-refractivity contribution is 0.579. The lowest BCUT2D eigenvalue weighted by atomic mass is 10.0. The van der Waals surface area contributed by atoms with E-state index in [4.69, 9.17) is 23.2 Å². The normalized spacial score (nSPS) is 11.1. The highest BCUT2D eigenvalue weighted by atomic mass is 35.5. The number of rotatable bonds is 3. The van der Waals surface area contributed by atoms with Crippen LogP contribution in [0.2, 0.25) is 10.0 Å². The summed E-state index contributed by atoms with van der Waals surface area (Å²) in [6.07, 6.45) is 1.73. The van der Waals surface area contributed by atoms with E-state index in [0.29, 0.717) is 16.8 Å². The maximum Gasteiger partial charge on any atom is 0.269 e. The van der Waals surface area contributed by atoms with Gasteiger partial charge in [0.05, 0.1) is 5.69 Å². The first-order valence-corrected chi connectivity index (χ1v) is 8.54. The summed E-state index contributed by atoms with van der Waals surface area (Å²) in [4.78, 5) is 27.1. The Bertz CT molecular complexity index is 1040. The minimum atomic E-state index is -0.368.